The first kappa shape index (κ1) is 16.5. The molecule has 1 aromatic carbocycles. The van der Waals surface area contributed by atoms with Crippen molar-refractivity contribution >= 4 is 26.1 Å². The minimum Gasteiger partial charge on any atom is -0.384 e. The molecule has 0 bridgehead atoms. The molecule has 86 valence electrons. The van der Waals surface area contributed by atoms with Gasteiger partial charge in [0.25, 0.3) is 0 Å². The van der Waals surface area contributed by atoms with Crippen LogP contribution in [0.15, 0.2) is 30.3 Å². The lowest BCUT2D eigenvalue weighted by molar-refractivity contribution is 0.275. The van der Waals surface area contributed by atoms with Crippen LogP contribution in [-0.4, -0.2) is 20.5 Å². The van der Waals surface area contributed by atoms with E-state index in [1.54, 1.807) is 0 Å². The van der Waals surface area contributed by atoms with Gasteiger partial charge in [-0.05, 0) is 0 Å². The van der Waals surface area contributed by atoms with E-state index in [4.69, 9.17) is 30.4 Å². The van der Waals surface area contributed by atoms with Gasteiger partial charge in [-0.2, -0.15) is 0 Å². The maximum Gasteiger partial charge on any atom is 0.466 e. The summed E-state index contributed by atoms with van der Waals surface area (Å²) in [4.78, 5) is 21.6. The summed E-state index contributed by atoms with van der Waals surface area (Å²) in [6, 6.07) is 9.23. The van der Waals surface area contributed by atoms with Crippen molar-refractivity contribution < 1.29 is 19.2 Å². The Morgan fingerprint density at radius 3 is 1.73 bits per heavy atom. The third kappa shape index (κ3) is 13.1. The monoisotopic (exact) mass is 254 g/mol. The highest BCUT2D eigenvalue weighted by atomic mass is 35.5. The summed E-state index contributed by atoms with van der Waals surface area (Å²) in [5.41, 5.74) is 5.97. The number of hydrogen-bond acceptors (Lipinski definition) is 2. The first-order valence-electron chi connectivity index (χ1n) is 3.48. The molecular weight excluding hydrogens is 243 g/mol. The van der Waals surface area contributed by atoms with Gasteiger partial charge in [0, 0.05) is 5.56 Å². The van der Waals surface area contributed by atoms with E-state index in [0.29, 0.717) is 0 Å². The number of rotatable bonds is 1. The fraction of sp³-hybridized carbons (Fsp3) is 0. The largest absolute Gasteiger partial charge is 0.466 e. The molecule has 8 heteroatoms. The first-order chi connectivity index (χ1) is 6.30. The minimum atomic E-state index is -4.64. The van der Waals surface area contributed by atoms with Crippen molar-refractivity contribution in [2.75, 3.05) is 0 Å². The van der Waals surface area contributed by atoms with E-state index >= 15 is 0 Å². The zero-order chi connectivity index (χ0) is 11.2. The molecule has 0 heterocycles. The molecule has 6 nitrogen and oxygen atoms in total. The van der Waals surface area contributed by atoms with Gasteiger partial charge in [0.2, 0.25) is 0 Å². The van der Waals surface area contributed by atoms with E-state index in [-0.39, 0.29) is 18.2 Å². The van der Waals surface area contributed by atoms with E-state index < -0.39 is 7.82 Å². The molecule has 0 saturated heterocycles. The molecule has 0 aliphatic carbocycles. The highest BCUT2D eigenvalue weighted by molar-refractivity contribution is 7.45. The minimum absolute atomic E-state index is 0. The predicted octanol–water partition coefficient (Wildman–Crippen LogP) is 0.464. The van der Waals surface area contributed by atoms with Crippen LogP contribution in [0, 0.1) is 5.41 Å². The molecule has 0 aliphatic rings. The molecule has 1 aromatic rings. The van der Waals surface area contributed by atoms with Crippen molar-refractivity contribution in [2.45, 2.75) is 0 Å². The van der Waals surface area contributed by atoms with Crippen LogP contribution in [0.5, 0.6) is 0 Å². The molecule has 0 amide bonds. The summed E-state index contributed by atoms with van der Waals surface area (Å²) in [7, 11) is -4.64. The second kappa shape index (κ2) is 7.39. The molecule has 0 radical (unpaired) electrons. The second-order valence-electron chi connectivity index (χ2n) is 2.29. The molecule has 15 heavy (non-hydrogen) atoms. The Labute approximate surface area is 92.9 Å². The molecule has 0 fully saturated rings. The van der Waals surface area contributed by atoms with Gasteiger partial charge in [0.1, 0.15) is 5.84 Å². The van der Waals surface area contributed by atoms with Gasteiger partial charge in [-0.3, -0.25) is 5.41 Å². The number of phosphoric acid groups is 1. The van der Waals surface area contributed by atoms with Crippen LogP contribution in [0.25, 0.3) is 0 Å². The highest BCUT2D eigenvalue weighted by Gasteiger charge is 2.00. The number of amidine groups is 1. The Morgan fingerprint density at radius 2 is 1.53 bits per heavy atom. The summed E-state index contributed by atoms with van der Waals surface area (Å²) in [5.74, 6) is 0.121. The Balaban J connectivity index is 0. The Bertz CT molecular complexity index is 332. The Kier molecular flexibility index (Phi) is 8.14. The number of benzene rings is 1. The van der Waals surface area contributed by atoms with Gasteiger partial charge in [0.05, 0.1) is 0 Å². The number of nitrogens with two attached hydrogens (primary N) is 1. The third-order valence-electron chi connectivity index (χ3n) is 1.08. The van der Waals surface area contributed by atoms with E-state index in [9.17, 15) is 0 Å². The molecule has 1 rings (SSSR count). The fourth-order valence-electron chi connectivity index (χ4n) is 0.618. The van der Waals surface area contributed by atoms with Crippen molar-refractivity contribution in [3.63, 3.8) is 0 Å². The number of halogens is 1. The zero-order valence-corrected chi connectivity index (χ0v) is 9.28. The van der Waals surface area contributed by atoms with Gasteiger partial charge in [-0.1, -0.05) is 30.3 Å². The molecule has 0 aromatic heterocycles. The predicted molar refractivity (Wildman–Crippen MR) is 59.0 cm³/mol. The van der Waals surface area contributed by atoms with Gasteiger partial charge in [-0.25, -0.2) is 4.57 Å². The normalized spacial score (nSPS) is 9.27. The molecule has 0 unspecified atom stereocenters. The smallest absolute Gasteiger partial charge is 0.384 e. The van der Waals surface area contributed by atoms with Crippen molar-refractivity contribution in [1.82, 2.24) is 0 Å². The maximum absolute atomic E-state index is 8.88. The lowest BCUT2D eigenvalue weighted by atomic mass is 10.2. The van der Waals surface area contributed by atoms with Crippen molar-refractivity contribution in [3.8, 4) is 0 Å². The van der Waals surface area contributed by atoms with Crippen LogP contribution in [-0.2, 0) is 4.57 Å². The second-order valence-corrected chi connectivity index (χ2v) is 3.32. The van der Waals surface area contributed by atoms with E-state index in [0.717, 1.165) is 5.56 Å². The number of nitrogens with one attached hydrogen (secondary N) is 1. The SMILES string of the molecule is Cl.N=C(N)c1ccccc1.O=P(O)(O)O. The summed E-state index contributed by atoms with van der Waals surface area (Å²) in [6.45, 7) is 0. The topological polar surface area (TPSA) is 128 Å². The van der Waals surface area contributed by atoms with Crippen LogP contribution in [0.2, 0.25) is 0 Å². The zero-order valence-electron chi connectivity index (χ0n) is 7.57. The summed E-state index contributed by atoms with van der Waals surface area (Å²) >= 11 is 0. The van der Waals surface area contributed by atoms with Gasteiger partial charge in [0.15, 0.2) is 0 Å². The Morgan fingerprint density at radius 1 is 1.20 bits per heavy atom. The van der Waals surface area contributed by atoms with Crippen LogP contribution in [0.4, 0.5) is 0 Å². The van der Waals surface area contributed by atoms with Crippen molar-refractivity contribution in [1.29, 1.82) is 5.41 Å². The lowest BCUT2D eigenvalue weighted by Gasteiger charge is -1.93. The van der Waals surface area contributed by atoms with Gasteiger partial charge < -0.3 is 20.4 Å². The molecule has 0 aliphatic heterocycles. The van der Waals surface area contributed by atoms with Crippen LogP contribution in [0.1, 0.15) is 5.56 Å². The first-order valence-corrected chi connectivity index (χ1v) is 5.05. The van der Waals surface area contributed by atoms with Crippen molar-refractivity contribution in [3.05, 3.63) is 35.9 Å². The number of nitrogen functional groups attached to an aromatic ring is 1. The van der Waals surface area contributed by atoms with Gasteiger partial charge >= 0.3 is 7.82 Å². The van der Waals surface area contributed by atoms with Gasteiger partial charge in [-0.15, -0.1) is 12.4 Å². The average molecular weight is 255 g/mol. The third-order valence-corrected chi connectivity index (χ3v) is 1.08. The van der Waals surface area contributed by atoms with E-state index in [1.165, 1.54) is 0 Å². The molecule has 0 atom stereocenters. The maximum atomic E-state index is 8.88. The molecule has 6 N–H and O–H groups in total. The van der Waals surface area contributed by atoms with E-state index in [2.05, 4.69) is 0 Å². The van der Waals surface area contributed by atoms with Crippen LogP contribution in [0.3, 0.4) is 0 Å². The Hall–Kier alpha value is -0.910. The summed E-state index contributed by atoms with van der Waals surface area (Å²) in [5, 5.41) is 7.01. The number of hydrogen-bond donors (Lipinski definition) is 5. The average Bonchev–Trinajstić information content (AvgIpc) is 2.03. The summed E-state index contributed by atoms with van der Waals surface area (Å²) < 4.78 is 8.88. The van der Waals surface area contributed by atoms with Crippen molar-refractivity contribution in [2.24, 2.45) is 5.73 Å². The lowest BCUT2D eigenvalue weighted by Crippen LogP contribution is -2.10. The molecule has 0 spiro atoms. The standard InChI is InChI=1S/C7H8N2.ClH.H3O4P/c8-7(9)6-4-2-1-3-5-6;;1-5(2,3)4/h1-5H,(H3,8,9);1H;(H3,1,2,3,4). The van der Waals surface area contributed by atoms with Crippen LogP contribution >= 0.6 is 20.2 Å². The fourth-order valence-corrected chi connectivity index (χ4v) is 0.618. The highest BCUT2D eigenvalue weighted by Crippen LogP contribution is 2.25. The summed E-state index contributed by atoms with van der Waals surface area (Å²) in [6.07, 6.45) is 0. The quantitative estimate of drug-likeness (QED) is 0.283. The van der Waals surface area contributed by atoms with Crippen LogP contribution < -0.4 is 5.73 Å². The van der Waals surface area contributed by atoms with E-state index in [1.807, 2.05) is 30.3 Å². The molecule has 0 saturated carbocycles. The molecular formula is C7H12ClN2O4P.